The highest BCUT2D eigenvalue weighted by Gasteiger charge is 2.31. The van der Waals surface area contributed by atoms with Gasteiger partial charge in [-0.2, -0.15) is 0 Å². The van der Waals surface area contributed by atoms with E-state index in [-0.39, 0.29) is 11.7 Å². The number of amidine groups is 1. The molecule has 1 heterocycles. The minimum absolute atomic E-state index is 0.0934. The number of hydrogen-bond acceptors (Lipinski definition) is 4. The summed E-state index contributed by atoms with van der Waals surface area (Å²) in [4.78, 5) is 18.7. The number of amides is 1. The van der Waals surface area contributed by atoms with Gasteiger partial charge in [0.2, 0.25) is 0 Å². The number of benzene rings is 1. The molecule has 0 atom stereocenters. The maximum absolute atomic E-state index is 12.3. The van der Waals surface area contributed by atoms with Gasteiger partial charge in [0.05, 0.1) is 4.91 Å². The van der Waals surface area contributed by atoms with Crippen LogP contribution in [0.3, 0.4) is 0 Å². The number of thioether (sulfide) groups is 1. The number of nitrogens with zero attached hydrogens (tertiary/aromatic N) is 2. The normalized spacial score (nSPS) is 19.4. The molecule has 4 nitrogen and oxygen atoms in total. The molecule has 0 spiro atoms. The fraction of sp³-hybridized carbons (Fsp3) is 0.286. The molecule has 1 aromatic carbocycles. The number of phenols is 1. The number of carbonyl (C=O) groups is 1. The number of phenolic OH excluding ortho intramolecular Hbond substituents is 1. The Morgan fingerprint density at radius 2 is 2.20 bits per heavy atom. The Bertz CT molecular complexity index is 599. The summed E-state index contributed by atoms with van der Waals surface area (Å²) in [6, 6.07) is 4.74. The van der Waals surface area contributed by atoms with Gasteiger partial charge in [0, 0.05) is 23.7 Å². The van der Waals surface area contributed by atoms with Crippen LogP contribution in [-0.2, 0) is 4.79 Å². The monoisotopic (exact) mass is 310 g/mol. The summed E-state index contributed by atoms with van der Waals surface area (Å²) in [6.45, 7) is 5.03. The number of hydrogen-bond donors (Lipinski definition) is 1. The fourth-order valence-corrected chi connectivity index (χ4v) is 3.10. The SMILES string of the molecule is CCN=C1S/C(=C/c2cc(Cl)ccc2O)C(=O)N1CC. The van der Waals surface area contributed by atoms with E-state index in [9.17, 15) is 9.90 Å². The lowest BCUT2D eigenvalue weighted by atomic mass is 10.2. The van der Waals surface area contributed by atoms with Crippen LogP contribution in [0.1, 0.15) is 19.4 Å². The van der Waals surface area contributed by atoms with Gasteiger partial charge in [-0.25, -0.2) is 0 Å². The van der Waals surface area contributed by atoms with Crippen molar-refractivity contribution in [3.05, 3.63) is 33.7 Å². The van der Waals surface area contributed by atoms with Gasteiger partial charge in [-0.1, -0.05) is 11.6 Å². The van der Waals surface area contributed by atoms with Crippen LogP contribution in [-0.4, -0.2) is 34.2 Å². The molecule has 1 aliphatic rings. The van der Waals surface area contributed by atoms with Gasteiger partial charge in [0.15, 0.2) is 5.17 Å². The number of likely N-dealkylation sites (N-methyl/N-ethyl adjacent to an activating group) is 1. The summed E-state index contributed by atoms with van der Waals surface area (Å²) in [7, 11) is 0. The topological polar surface area (TPSA) is 52.9 Å². The summed E-state index contributed by atoms with van der Waals surface area (Å²) in [5.74, 6) is 0.00306. The van der Waals surface area contributed by atoms with E-state index in [4.69, 9.17) is 11.6 Å². The number of carbonyl (C=O) groups excluding carboxylic acids is 1. The molecule has 0 aromatic heterocycles. The van der Waals surface area contributed by atoms with Crippen molar-refractivity contribution in [1.29, 1.82) is 0 Å². The van der Waals surface area contributed by atoms with Gasteiger partial charge < -0.3 is 5.11 Å². The van der Waals surface area contributed by atoms with E-state index in [1.807, 2.05) is 13.8 Å². The first-order chi connectivity index (χ1) is 9.56. The lowest BCUT2D eigenvalue weighted by molar-refractivity contribution is -0.122. The molecule has 0 bridgehead atoms. The molecular formula is C14H15ClN2O2S. The zero-order chi connectivity index (χ0) is 14.7. The zero-order valence-electron chi connectivity index (χ0n) is 11.3. The maximum Gasteiger partial charge on any atom is 0.266 e. The van der Waals surface area contributed by atoms with Crippen LogP contribution >= 0.6 is 23.4 Å². The largest absolute Gasteiger partial charge is 0.507 e. The van der Waals surface area contributed by atoms with E-state index in [0.29, 0.717) is 33.7 Å². The van der Waals surface area contributed by atoms with Crippen molar-refractivity contribution in [2.45, 2.75) is 13.8 Å². The molecule has 1 saturated heterocycles. The van der Waals surface area contributed by atoms with Crippen molar-refractivity contribution in [3.63, 3.8) is 0 Å². The molecule has 0 aliphatic carbocycles. The summed E-state index contributed by atoms with van der Waals surface area (Å²) in [5, 5.41) is 11.0. The van der Waals surface area contributed by atoms with E-state index in [2.05, 4.69) is 4.99 Å². The molecule has 1 aliphatic heterocycles. The smallest absolute Gasteiger partial charge is 0.266 e. The standard InChI is InChI=1S/C14H15ClN2O2S/c1-3-16-14-17(4-2)13(19)12(20-14)8-9-7-10(15)5-6-11(9)18/h5-8,18H,3-4H2,1-2H3/b12-8+,16-14?. The first kappa shape index (κ1) is 14.9. The first-order valence-electron chi connectivity index (χ1n) is 6.31. The predicted molar refractivity (Wildman–Crippen MR) is 84.0 cm³/mol. The minimum Gasteiger partial charge on any atom is -0.507 e. The second-order valence-corrected chi connectivity index (χ2v) is 5.57. The molecule has 106 valence electrons. The van der Waals surface area contributed by atoms with Crippen molar-refractivity contribution in [1.82, 2.24) is 4.90 Å². The fourth-order valence-electron chi connectivity index (χ4n) is 1.82. The van der Waals surface area contributed by atoms with Crippen molar-refractivity contribution in [2.24, 2.45) is 4.99 Å². The lowest BCUT2D eigenvalue weighted by Crippen LogP contribution is -2.28. The molecule has 0 radical (unpaired) electrons. The van der Waals surface area contributed by atoms with Crippen molar-refractivity contribution in [3.8, 4) is 5.75 Å². The van der Waals surface area contributed by atoms with E-state index < -0.39 is 0 Å². The van der Waals surface area contributed by atoms with Crippen LogP contribution in [0.25, 0.3) is 6.08 Å². The molecular weight excluding hydrogens is 296 g/mol. The molecule has 1 amide bonds. The van der Waals surface area contributed by atoms with E-state index in [1.165, 1.54) is 17.8 Å². The minimum atomic E-state index is -0.0934. The van der Waals surface area contributed by atoms with Gasteiger partial charge in [-0.05, 0) is 49.9 Å². The van der Waals surface area contributed by atoms with Crippen LogP contribution in [0, 0.1) is 0 Å². The highest BCUT2D eigenvalue weighted by atomic mass is 35.5. The van der Waals surface area contributed by atoms with E-state index in [1.54, 1.807) is 23.1 Å². The van der Waals surface area contributed by atoms with Crippen LogP contribution in [0.5, 0.6) is 5.75 Å². The van der Waals surface area contributed by atoms with Gasteiger partial charge in [0.25, 0.3) is 5.91 Å². The molecule has 2 rings (SSSR count). The van der Waals surface area contributed by atoms with Gasteiger partial charge >= 0.3 is 0 Å². The second-order valence-electron chi connectivity index (χ2n) is 4.12. The summed E-state index contributed by atoms with van der Waals surface area (Å²) < 4.78 is 0. The number of halogens is 1. The molecule has 0 unspecified atom stereocenters. The van der Waals surface area contributed by atoms with E-state index in [0.717, 1.165) is 0 Å². The Morgan fingerprint density at radius 1 is 1.45 bits per heavy atom. The molecule has 1 N–H and O–H groups in total. The van der Waals surface area contributed by atoms with Crippen LogP contribution in [0.4, 0.5) is 0 Å². The third-order valence-corrected chi connectivity index (χ3v) is 4.05. The lowest BCUT2D eigenvalue weighted by Gasteiger charge is -2.11. The van der Waals surface area contributed by atoms with Crippen molar-refractivity contribution < 1.29 is 9.90 Å². The maximum atomic E-state index is 12.3. The highest BCUT2D eigenvalue weighted by molar-refractivity contribution is 8.18. The molecule has 1 aromatic rings. The van der Waals surface area contributed by atoms with Gasteiger partial charge in [0.1, 0.15) is 5.75 Å². The van der Waals surface area contributed by atoms with Gasteiger partial charge in [-0.3, -0.25) is 14.7 Å². The summed E-state index contributed by atoms with van der Waals surface area (Å²) in [6.07, 6.45) is 1.65. The number of rotatable bonds is 3. The number of aromatic hydroxyl groups is 1. The zero-order valence-corrected chi connectivity index (χ0v) is 12.8. The third kappa shape index (κ3) is 2.99. The van der Waals surface area contributed by atoms with Crippen LogP contribution < -0.4 is 0 Å². The summed E-state index contributed by atoms with van der Waals surface area (Å²) in [5.41, 5.74) is 0.530. The average Bonchev–Trinajstić information content (AvgIpc) is 2.70. The molecule has 20 heavy (non-hydrogen) atoms. The van der Waals surface area contributed by atoms with Crippen LogP contribution in [0.2, 0.25) is 5.02 Å². The third-order valence-electron chi connectivity index (χ3n) is 2.77. The Hall–Kier alpha value is -1.46. The van der Waals surface area contributed by atoms with Crippen LogP contribution in [0.15, 0.2) is 28.1 Å². The molecule has 1 fully saturated rings. The first-order valence-corrected chi connectivity index (χ1v) is 7.50. The van der Waals surface area contributed by atoms with Crippen molar-refractivity contribution in [2.75, 3.05) is 13.1 Å². The van der Waals surface area contributed by atoms with Gasteiger partial charge in [-0.15, -0.1) is 0 Å². The average molecular weight is 311 g/mol. The Balaban J connectivity index is 2.38. The Labute approximate surface area is 127 Å². The van der Waals surface area contributed by atoms with E-state index >= 15 is 0 Å². The highest BCUT2D eigenvalue weighted by Crippen LogP contribution is 2.34. The van der Waals surface area contributed by atoms with Crippen molar-refractivity contribution >= 4 is 40.5 Å². The molecule has 6 heteroatoms. The predicted octanol–water partition coefficient (Wildman–Crippen LogP) is 3.36. The Morgan fingerprint density at radius 3 is 2.85 bits per heavy atom. The number of aliphatic imine (C=N–C) groups is 1. The second kappa shape index (κ2) is 6.33. The summed E-state index contributed by atoms with van der Waals surface area (Å²) >= 11 is 7.23. The Kier molecular flexibility index (Phi) is 4.73. The molecule has 0 saturated carbocycles. The quantitative estimate of drug-likeness (QED) is 0.871.